The van der Waals surface area contributed by atoms with Gasteiger partial charge < -0.3 is 21.3 Å². The number of aliphatic hydroxyl groups excluding tert-OH is 2. The smallest absolute Gasteiger partial charge is 0.134 e. The van der Waals surface area contributed by atoms with E-state index in [4.69, 9.17) is 15.9 Å². The van der Waals surface area contributed by atoms with E-state index in [1.165, 1.54) is 6.33 Å². The highest BCUT2D eigenvalue weighted by Gasteiger charge is 2.08. The minimum absolute atomic E-state index is 0.236. The van der Waals surface area contributed by atoms with Crippen LogP contribution in [-0.4, -0.2) is 39.4 Å². The summed E-state index contributed by atoms with van der Waals surface area (Å²) >= 11 is 0. The normalized spacial score (nSPS) is 12.5. The Morgan fingerprint density at radius 2 is 2.27 bits per heavy atom. The van der Waals surface area contributed by atoms with Gasteiger partial charge >= 0.3 is 0 Å². The van der Waals surface area contributed by atoms with E-state index < -0.39 is 6.10 Å². The van der Waals surface area contributed by atoms with Gasteiger partial charge in [0.1, 0.15) is 18.0 Å². The molecule has 0 saturated heterocycles. The second kappa shape index (κ2) is 5.47. The third-order valence-corrected chi connectivity index (χ3v) is 2.05. The lowest BCUT2D eigenvalue weighted by molar-refractivity contribution is 0.105. The third kappa shape index (κ3) is 3.03. The van der Waals surface area contributed by atoms with Crippen LogP contribution in [0.4, 0.5) is 11.6 Å². The van der Waals surface area contributed by atoms with Crippen LogP contribution in [0.5, 0.6) is 0 Å². The van der Waals surface area contributed by atoms with Crippen molar-refractivity contribution in [1.82, 2.24) is 9.97 Å². The summed E-state index contributed by atoms with van der Waals surface area (Å²) in [7, 11) is 0. The molecule has 1 aromatic rings. The van der Waals surface area contributed by atoms with Gasteiger partial charge in [-0.2, -0.15) is 0 Å². The lowest BCUT2D eigenvalue weighted by Crippen LogP contribution is -2.24. The largest absolute Gasteiger partial charge is 0.394 e. The van der Waals surface area contributed by atoms with Crippen molar-refractivity contribution in [3.8, 4) is 0 Å². The van der Waals surface area contributed by atoms with Crippen molar-refractivity contribution in [3.05, 3.63) is 11.9 Å². The topological polar surface area (TPSA) is 104 Å². The quantitative estimate of drug-likeness (QED) is 0.519. The Kier molecular flexibility index (Phi) is 4.26. The van der Waals surface area contributed by atoms with Gasteiger partial charge in [0.2, 0.25) is 0 Å². The van der Waals surface area contributed by atoms with Crippen LogP contribution in [0.2, 0.25) is 0 Å². The van der Waals surface area contributed by atoms with Crippen LogP contribution >= 0.6 is 0 Å². The molecule has 5 N–H and O–H groups in total. The summed E-state index contributed by atoms with van der Waals surface area (Å²) in [5.41, 5.74) is 6.49. The molecular weight excluding hydrogens is 196 g/mol. The maximum atomic E-state index is 9.16. The fourth-order valence-corrected chi connectivity index (χ4v) is 1.21. The monoisotopic (exact) mass is 212 g/mol. The average molecular weight is 212 g/mol. The van der Waals surface area contributed by atoms with Gasteiger partial charge in [0.25, 0.3) is 0 Å². The van der Waals surface area contributed by atoms with Gasteiger partial charge in [-0.3, -0.25) is 0 Å². The maximum absolute atomic E-state index is 9.16. The van der Waals surface area contributed by atoms with E-state index in [-0.39, 0.29) is 13.2 Å². The van der Waals surface area contributed by atoms with Crippen molar-refractivity contribution in [2.24, 2.45) is 0 Å². The predicted molar refractivity (Wildman–Crippen MR) is 57.4 cm³/mol. The van der Waals surface area contributed by atoms with E-state index in [2.05, 4.69) is 15.3 Å². The molecule has 1 aromatic heterocycles. The summed E-state index contributed by atoms with van der Waals surface area (Å²) in [6.07, 6.45) is 1.28. The van der Waals surface area contributed by atoms with E-state index in [9.17, 15) is 0 Å². The standard InChI is InChI=1S/C9H16N4O2/c1-2-7-8(10)12-5-13-9(7)11-3-6(15)4-14/h5-6,14-15H,2-4H2,1H3,(H3,10,11,12,13). The number of hydrogen-bond acceptors (Lipinski definition) is 6. The van der Waals surface area contributed by atoms with Crippen LogP contribution in [0.25, 0.3) is 0 Å². The van der Waals surface area contributed by atoms with Crippen LogP contribution in [0, 0.1) is 0 Å². The van der Waals surface area contributed by atoms with Gasteiger partial charge in [-0.1, -0.05) is 6.92 Å². The highest BCUT2D eigenvalue weighted by molar-refractivity contribution is 5.54. The number of rotatable bonds is 5. The van der Waals surface area contributed by atoms with E-state index in [0.717, 1.165) is 5.56 Å². The van der Waals surface area contributed by atoms with Crippen LogP contribution in [0.3, 0.4) is 0 Å². The van der Waals surface area contributed by atoms with Crippen molar-refractivity contribution >= 4 is 11.6 Å². The van der Waals surface area contributed by atoms with E-state index in [1.807, 2.05) is 6.92 Å². The number of anilines is 2. The second-order valence-electron chi connectivity index (χ2n) is 3.16. The van der Waals surface area contributed by atoms with Gasteiger partial charge in [-0.05, 0) is 6.42 Å². The molecule has 0 spiro atoms. The zero-order valence-electron chi connectivity index (χ0n) is 8.64. The first kappa shape index (κ1) is 11.7. The van der Waals surface area contributed by atoms with Gasteiger partial charge in [0.05, 0.1) is 12.7 Å². The molecule has 6 heteroatoms. The summed E-state index contributed by atoms with van der Waals surface area (Å²) in [5.74, 6) is 1.05. The minimum atomic E-state index is -0.800. The SMILES string of the molecule is CCc1c(N)ncnc1NCC(O)CO. The lowest BCUT2D eigenvalue weighted by atomic mass is 10.2. The Balaban J connectivity index is 2.72. The number of aliphatic hydroxyl groups is 2. The Morgan fingerprint density at radius 1 is 1.53 bits per heavy atom. The van der Waals surface area contributed by atoms with Gasteiger partial charge in [-0.25, -0.2) is 9.97 Å². The highest BCUT2D eigenvalue weighted by Crippen LogP contribution is 2.17. The Bertz CT molecular complexity index is 319. The zero-order valence-corrected chi connectivity index (χ0v) is 8.64. The highest BCUT2D eigenvalue weighted by atomic mass is 16.3. The first-order chi connectivity index (χ1) is 7.19. The lowest BCUT2D eigenvalue weighted by Gasteiger charge is -2.12. The van der Waals surface area contributed by atoms with Gasteiger partial charge in [-0.15, -0.1) is 0 Å². The molecule has 0 fully saturated rings. The van der Waals surface area contributed by atoms with Crippen molar-refractivity contribution in [2.75, 3.05) is 24.2 Å². The zero-order chi connectivity index (χ0) is 11.3. The summed E-state index contributed by atoms with van der Waals surface area (Å²) < 4.78 is 0. The van der Waals surface area contributed by atoms with Crippen LogP contribution in [-0.2, 0) is 6.42 Å². The van der Waals surface area contributed by atoms with Gasteiger partial charge in [0, 0.05) is 12.1 Å². The fourth-order valence-electron chi connectivity index (χ4n) is 1.21. The summed E-state index contributed by atoms with van der Waals surface area (Å²) in [4.78, 5) is 7.89. The number of nitrogens with zero attached hydrogens (tertiary/aromatic N) is 2. The Labute approximate surface area is 88.2 Å². The van der Waals surface area contributed by atoms with E-state index in [0.29, 0.717) is 18.1 Å². The van der Waals surface area contributed by atoms with Crippen molar-refractivity contribution in [3.63, 3.8) is 0 Å². The maximum Gasteiger partial charge on any atom is 0.134 e. The predicted octanol–water partition coefficient (Wildman–Crippen LogP) is -0.614. The number of aromatic nitrogens is 2. The molecule has 0 aliphatic carbocycles. The summed E-state index contributed by atoms with van der Waals surface area (Å²) in [6.45, 7) is 1.90. The van der Waals surface area contributed by atoms with E-state index in [1.54, 1.807) is 0 Å². The molecular formula is C9H16N4O2. The Hall–Kier alpha value is -1.40. The molecule has 1 atom stereocenters. The van der Waals surface area contributed by atoms with Crippen molar-refractivity contribution in [1.29, 1.82) is 0 Å². The fraction of sp³-hybridized carbons (Fsp3) is 0.556. The summed E-state index contributed by atoms with van der Waals surface area (Å²) in [6, 6.07) is 0. The molecule has 0 radical (unpaired) electrons. The number of hydrogen-bond donors (Lipinski definition) is 4. The molecule has 0 amide bonds. The average Bonchev–Trinajstić information content (AvgIpc) is 2.25. The Morgan fingerprint density at radius 3 is 2.87 bits per heavy atom. The molecule has 1 rings (SSSR count). The molecule has 6 nitrogen and oxygen atoms in total. The summed E-state index contributed by atoms with van der Waals surface area (Å²) in [5, 5.41) is 20.7. The van der Waals surface area contributed by atoms with Crippen LogP contribution < -0.4 is 11.1 Å². The molecule has 0 aromatic carbocycles. The number of nitrogen functional groups attached to an aromatic ring is 1. The molecule has 0 bridgehead atoms. The minimum Gasteiger partial charge on any atom is -0.394 e. The molecule has 1 heterocycles. The molecule has 0 aliphatic heterocycles. The first-order valence-electron chi connectivity index (χ1n) is 4.81. The molecule has 1 unspecified atom stereocenters. The van der Waals surface area contributed by atoms with Crippen LogP contribution in [0.15, 0.2) is 6.33 Å². The second-order valence-corrected chi connectivity index (χ2v) is 3.16. The number of nitrogens with one attached hydrogen (secondary N) is 1. The van der Waals surface area contributed by atoms with Gasteiger partial charge in [0.15, 0.2) is 0 Å². The molecule has 0 saturated carbocycles. The molecule has 0 aliphatic rings. The van der Waals surface area contributed by atoms with Crippen molar-refractivity contribution < 1.29 is 10.2 Å². The van der Waals surface area contributed by atoms with Crippen LogP contribution in [0.1, 0.15) is 12.5 Å². The molecule has 84 valence electrons. The number of nitrogens with two attached hydrogens (primary N) is 1. The third-order valence-electron chi connectivity index (χ3n) is 2.05. The van der Waals surface area contributed by atoms with Crippen molar-refractivity contribution in [2.45, 2.75) is 19.4 Å². The van der Waals surface area contributed by atoms with E-state index >= 15 is 0 Å². The molecule has 15 heavy (non-hydrogen) atoms. The first-order valence-corrected chi connectivity index (χ1v) is 4.81.